The van der Waals surface area contributed by atoms with Crippen molar-refractivity contribution in [3.8, 4) is 0 Å². The van der Waals surface area contributed by atoms with Gasteiger partial charge in [-0.1, -0.05) is 18.2 Å². The molecule has 0 fully saturated rings. The summed E-state index contributed by atoms with van der Waals surface area (Å²) in [4.78, 5) is 15.4. The first-order valence-corrected chi connectivity index (χ1v) is 6.30. The summed E-state index contributed by atoms with van der Waals surface area (Å²) >= 11 is 0. The molecule has 0 aliphatic heterocycles. The second-order valence-electron chi connectivity index (χ2n) is 4.61. The summed E-state index contributed by atoms with van der Waals surface area (Å²) in [6.07, 6.45) is 3.79. The summed E-state index contributed by atoms with van der Waals surface area (Å²) in [6.45, 7) is 5.05. The normalized spacial score (nSPS) is 10.4. The molecule has 0 unspecified atom stereocenters. The smallest absolute Gasteiger partial charge is 0.241 e. The Labute approximate surface area is 112 Å². The number of aromatic nitrogens is 3. The van der Waals surface area contributed by atoms with Crippen LogP contribution in [0.1, 0.15) is 16.7 Å². The van der Waals surface area contributed by atoms with E-state index in [1.165, 1.54) is 34.0 Å². The molecular formula is C14H18N4O. The third kappa shape index (κ3) is 3.91. The topological polar surface area (TPSA) is 59.8 Å². The number of aryl methyl sites for hydroxylation is 2. The van der Waals surface area contributed by atoms with Crippen molar-refractivity contribution in [1.82, 2.24) is 20.1 Å². The Morgan fingerprint density at radius 1 is 1.32 bits per heavy atom. The first-order chi connectivity index (χ1) is 9.15. The maximum Gasteiger partial charge on any atom is 0.241 e. The first kappa shape index (κ1) is 13.3. The fraction of sp³-hybridized carbons (Fsp3) is 0.357. The lowest BCUT2D eigenvalue weighted by Crippen LogP contribution is -2.29. The molecule has 1 aromatic heterocycles. The molecule has 1 heterocycles. The van der Waals surface area contributed by atoms with Crippen molar-refractivity contribution in [2.45, 2.75) is 26.8 Å². The van der Waals surface area contributed by atoms with Crippen LogP contribution in [-0.4, -0.2) is 27.2 Å². The molecule has 1 N–H and O–H groups in total. The fourth-order valence-electron chi connectivity index (χ4n) is 1.82. The molecule has 2 rings (SSSR count). The van der Waals surface area contributed by atoms with Gasteiger partial charge in [0.2, 0.25) is 5.91 Å². The molecule has 5 heteroatoms. The van der Waals surface area contributed by atoms with Crippen molar-refractivity contribution >= 4 is 5.91 Å². The number of nitrogens with zero attached hydrogens (tertiary/aromatic N) is 3. The van der Waals surface area contributed by atoms with Crippen LogP contribution in [0.2, 0.25) is 0 Å². The highest BCUT2D eigenvalue weighted by atomic mass is 16.2. The highest BCUT2D eigenvalue weighted by Gasteiger charge is 2.03. The van der Waals surface area contributed by atoms with Gasteiger partial charge in [0, 0.05) is 6.54 Å². The highest BCUT2D eigenvalue weighted by Crippen LogP contribution is 2.09. The molecule has 0 aliphatic carbocycles. The molecule has 0 radical (unpaired) electrons. The van der Waals surface area contributed by atoms with Gasteiger partial charge >= 0.3 is 0 Å². The van der Waals surface area contributed by atoms with Crippen molar-refractivity contribution in [3.05, 3.63) is 47.5 Å². The standard InChI is InChI=1S/C14H18N4O/c1-11-3-4-13(7-12(11)2)5-6-16-14(19)8-18-10-15-9-17-18/h3-4,7,9-10H,5-6,8H2,1-2H3,(H,16,19). The van der Waals surface area contributed by atoms with E-state index in [2.05, 4.69) is 47.4 Å². The molecule has 0 atom stereocenters. The Morgan fingerprint density at radius 3 is 2.84 bits per heavy atom. The lowest BCUT2D eigenvalue weighted by atomic mass is 10.0. The number of hydrogen-bond acceptors (Lipinski definition) is 3. The fourth-order valence-corrected chi connectivity index (χ4v) is 1.82. The Balaban J connectivity index is 1.76. The molecule has 0 aliphatic rings. The average molecular weight is 258 g/mol. The Hall–Kier alpha value is -2.17. The molecule has 100 valence electrons. The summed E-state index contributed by atoms with van der Waals surface area (Å²) in [5, 5.41) is 6.76. The van der Waals surface area contributed by atoms with Crippen molar-refractivity contribution in [1.29, 1.82) is 0 Å². The van der Waals surface area contributed by atoms with E-state index in [0.29, 0.717) is 6.54 Å². The van der Waals surface area contributed by atoms with Gasteiger partial charge in [0.15, 0.2) is 0 Å². The zero-order valence-electron chi connectivity index (χ0n) is 11.3. The highest BCUT2D eigenvalue weighted by molar-refractivity contribution is 5.75. The summed E-state index contributed by atoms with van der Waals surface area (Å²) < 4.78 is 1.51. The van der Waals surface area contributed by atoms with Gasteiger partial charge in [-0.05, 0) is 37.0 Å². The van der Waals surface area contributed by atoms with Gasteiger partial charge in [-0.3, -0.25) is 4.79 Å². The molecule has 1 amide bonds. The number of hydrogen-bond donors (Lipinski definition) is 1. The van der Waals surface area contributed by atoms with E-state index in [1.54, 1.807) is 0 Å². The van der Waals surface area contributed by atoms with Gasteiger partial charge in [-0.25, -0.2) is 9.67 Å². The molecule has 0 saturated carbocycles. The molecule has 1 aromatic carbocycles. The average Bonchev–Trinajstić information content (AvgIpc) is 2.86. The van der Waals surface area contributed by atoms with E-state index < -0.39 is 0 Å². The summed E-state index contributed by atoms with van der Waals surface area (Å²) in [7, 11) is 0. The maximum atomic E-state index is 11.6. The third-order valence-electron chi connectivity index (χ3n) is 3.08. The van der Waals surface area contributed by atoms with Crippen LogP contribution in [-0.2, 0) is 17.8 Å². The molecular weight excluding hydrogens is 240 g/mol. The first-order valence-electron chi connectivity index (χ1n) is 6.30. The third-order valence-corrected chi connectivity index (χ3v) is 3.08. The Bertz CT molecular complexity index is 549. The monoisotopic (exact) mass is 258 g/mol. The van der Waals surface area contributed by atoms with Crippen molar-refractivity contribution in [2.75, 3.05) is 6.54 Å². The number of carbonyl (C=O) groups excluding carboxylic acids is 1. The van der Waals surface area contributed by atoms with Crippen LogP contribution >= 0.6 is 0 Å². The van der Waals surface area contributed by atoms with Gasteiger partial charge in [0.25, 0.3) is 0 Å². The number of rotatable bonds is 5. The van der Waals surface area contributed by atoms with Crippen LogP contribution in [0.5, 0.6) is 0 Å². The van der Waals surface area contributed by atoms with Gasteiger partial charge in [-0.2, -0.15) is 5.10 Å². The van der Waals surface area contributed by atoms with E-state index in [4.69, 9.17) is 0 Å². The summed E-state index contributed by atoms with van der Waals surface area (Å²) in [5.41, 5.74) is 3.81. The molecule has 5 nitrogen and oxygen atoms in total. The van der Waals surface area contributed by atoms with Crippen LogP contribution in [0.15, 0.2) is 30.9 Å². The molecule has 0 spiro atoms. The van der Waals surface area contributed by atoms with E-state index in [1.807, 2.05) is 0 Å². The van der Waals surface area contributed by atoms with Crippen LogP contribution in [0.3, 0.4) is 0 Å². The van der Waals surface area contributed by atoms with E-state index in [-0.39, 0.29) is 12.5 Å². The predicted octanol–water partition coefficient (Wildman–Crippen LogP) is 1.25. The molecule has 0 saturated heterocycles. The van der Waals surface area contributed by atoms with Gasteiger partial charge in [0.05, 0.1) is 0 Å². The zero-order valence-corrected chi connectivity index (χ0v) is 11.3. The Morgan fingerprint density at radius 2 is 2.16 bits per heavy atom. The van der Waals surface area contributed by atoms with Crippen LogP contribution in [0.4, 0.5) is 0 Å². The lowest BCUT2D eigenvalue weighted by Gasteiger charge is -2.07. The minimum Gasteiger partial charge on any atom is -0.354 e. The van der Waals surface area contributed by atoms with Crippen molar-refractivity contribution in [2.24, 2.45) is 0 Å². The zero-order chi connectivity index (χ0) is 13.7. The maximum absolute atomic E-state index is 11.6. The quantitative estimate of drug-likeness (QED) is 0.878. The van der Waals surface area contributed by atoms with E-state index >= 15 is 0 Å². The summed E-state index contributed by atoms with van der Waals surface area (Å²) in [5.74, 6) is -0.0469. The summed E-state index contributed by atoms with van der Waals surface area (Å²) in [6, 6.07) is 6.38. The lowest BCUT2D eigenvalue weighted by molar-refractivity contribution is -0.121. The molecule has 2 aromatic rings. The van der Waals surface area contributed by atoms with Gasteiger partial charge in [-0.15, -0.1) is 0 Å². The van der Waals surface area contributed by atoms with Crippen LogP contribution in [0.25, 0.3) is 0 Å². The van der Waals surface area contributed by atoms with Gasteiger partial charge < -0.3 is 5.32 Å². The SMILES string of the molecule is Cc1ccc(CCNC(=O)Cn2cncn2)cc1C. The molecule has 0 bridgehead atoms. The minimum absolute atomic E-state index is 0.0469. The number of carbonyl (C=O) groups is 1. The number of amides is 1. The second kappa shape index (κ2) is 6.13. The van der Waals surface area contributed by atoms with E-state index in [9.17, 15) is 4.79 Å². The second-order valence-corrected chi connectivity index (χ2v) is 4.61. The van der Waals surface area contributed by atoms with Crippen LogP contribution in [0, 0.1) is 13.8 Å². The van der Waals surface area contributed by atoms with Crippen molar-refractivity contribution in [3.63, 3.8) is 0 Å². The van der Waals surface area contributed by atoms with Gasteiger partial charge in [0.1, 0.15) is 19.2 Å². The van der Waals surface area contributed by atoms with E-state index in [0.717, 1.165) is 6.42 Å². The number of benzene rings is 1. The Kier molecular flexibility index (Phi) is 4.28. The van der Waals surface area contributed by atoms with Crippen molar-refractivity contribution < 1.29 is 4.79 Å². The minimum atomic E-state index is -0.0469. The number of nitrogens with one attached hydrogen (secondary N) is 1. The van der Waals surface area contributed by atoms with Crippen LogP contribution < -0.4 is 5.32 Å². The molecule has 19 heavy (non-hydrogen) atoms. The largest absolute Gasteiger partial charge is 0.354 e. The predicted molar refractivity (Wildman–Crippen MR) is 72.7 cm³/mol.